The largest absolute Gasteiger partial charge is 0.383 e. The first-order valence-corrected chi connectivity index (χ1v) is 10.1. The highest BCUT2D eigenvalue weighted by Gasteiger charge is 2.13. The predicted molar refractivity (Wildman–Crippen MR) is 118 cm³/mol. The van der Waals surface area contributed by atoms with Crippen molar-refractivity contribution >= 4 is 40.0 Å². The molecule has 10 heteroatoms. The van der Waals surface area contributed by atoms with Gasteiger partial charge in [-0.15, -0.1) is 24.0 Å². The summed E-state index contributed by atoms with van der Waals surface area (Å²) < 4.78 is 37.1. The summed E-state index contributed by atoms with van der Waals surface area (Å²) in [5, 5.41) is 6.36. The first kappa shape index (κ1) is 26.1. The van der Waals surface area contributed by atoms with Crippen molar-refractivity contribution in [2.45, 2.75) is 24.8 Å². The lowest BCUT2D eigenvalue weighted by Gasteiger charge is -2.13. The van der Waals surface area contributed by atoms with E-state index < -0.39 is 10.0 Å². The number of hydrogen-bond donors (Lipinski definition) is 3. The minimum absolute atomic E-state index is 0. The third-order valence-corrected chi connectivity index (χ3v) is 4.91. The van der Waals surface area contributed by atoms with Gasteiger partial charge in [-0.3, -0.25) is 4.99 Å². The Bertz CT molecular complexity index is 656. The lowest BCUT2D eigenvalue weighted by molar-refractivity contribution is 0.145. The number of rotatable bonds is 12. The lowest BCUT2D eigenvalue weighted by Crippen LogP contribution is -2.37. The molecule has 0 saturated carbocycles. The molecular formula is C17H31IN4O4S. The van der Waals surface area contributed by atoms with Gasteiger partial charge in [0, 0.05) is 47.0 Å². The molecule has 0 aliphatic carbocycles. The smallest absolute Gasteiger partial charge is 0.240 e. The Balaban J connectivity index is 0.00000676. The molecule has 0 aliphatic rings. The number of nitrogens with zero attached hydrogens (tertiary/aromatic N) is 1. The summed E-state index contributed by atoms with van der Waals surface area (Å²) in [4.78, 5) is 4.38. The van der Waals surface area contributed by atoms with Gasteiger partial charge < -0.3 is 20.1 Å². The van der Waals surface area contributed by atoms with Crippen LogP contribution in [0.1, 0.15) is 18.9 Å². The zero-order valence-corrected chi connectivity index (χ0v) is 19.3. The molecular weight excluding hydrogens is 483 g/mol. The Morgan fingerprint density at radius 3 is 2.63 bits per heavy atom. The number of aliphatic imine (C=N–C) groups is 1. The quantitative estimate of drug-likeness (QED) is 0.168. The molecule has 0 heterocycles. The van der Waals surface area contributed by atoms with Crippen molar-refractivity contribution < 1.29 is 17.9 Å². The second kappa shape index (κ2) is 15.0. The third kappa shape index (κ3) is 10.8. The highest BCUT2D eigenvalue weighted by Crippen LogP contribution is 2.11. The van der Waals surface area contributed by atoms with Gasteiger partial charge in [-0.05, 0) is 31.0 Å². The van der Waals surface area contributed by atoms with Crippen molar-refractivity contribution in [3.8, 4) is 0 Å². The summed E-state index contributed by atoms with van der Waals surface area (Å²) >= 11 is 0. The van der Waals surface area contributed by atoms with E-state index in [1.165, 1.54) is 7.11 Å². The predicted octanol–water partition coefficient (Wildman–Crippen LogP) is 1.32. The fourth-order valence-corrected chi connectivity index (χ4v) is 3.20. The van der Waals surface area contributed by atoms with Gasteiger partial charge in [-0.25, -0.2) is 13.1 Å². The number of halogens is 1. The summed E-state index contributed by atoms with van der Waals surface area (Å²) in [6.45, 7) is 5.16. The number of guanidine groups is 1. The molecule has 0 atom stereocenters. The van der Waals surface area contributed by atoms with E-state index in [-0.39, 0.29) is 35.4 Å². The second-order valence-corrected chi connectivity index (χ2v) is 7.21. The van der Waals surface area contributed by atoms with E-state index in [1.54, 1.807) is 25.2 Å². The van der Waals surface area contributed by atoms with Crippen LogP contribution in [0, 0.1) is 0 Å². The molecule has 0 unspecified atom stereocenters. The van der Waals surface area contributed by atoms with Gasteiger partial charge in [0.05, 0.1) is 11.5 Å². The van der Waals surface area contributed by atoms with Gasteiger partial charge in [0.15, 0.2) is 5.96 Å². The van der Waals surface area contributed by atoms with Gasteiger partial charge >= 0.3 is 0 Å². The standard InChI is InChI=1S/C17H30N4O4S.HI/c1-4-25-11-6-9-19-17(18-2)20-14-15-7-5-8-16(13-15)26(22,23)21-10-12-24-3;/h5,7-8,13,21H,4,6,9-12,14H2,1-3H3,(H2,18,19,20);1H. The van der Waals surface area contributed by atoms with Crippen LogP contribution in [0.3, 0.4) is 0 Å². The first-order chi connectivity index (χ1) is 12.5. The number of benzene rings is 1. The Kier molecular flexibility index (Phi) is 14.5. The van der Waals surface area contributed by atoms with E-state index in [0.29, 0.717) is 32.3 Å². The van der Waals surface area contributed by atoms with Crippen LogP contribution in [0.25, 0.3) is 0 Å². The van der Waals surface area contributed by atoms with E-state index in [2.05, 4.69) is 20.3 Å². The minimum Gasteiger partial charge on any atom is -0.383 e. The Hall–Kier alpha value is -0.950. The Labute approximate surface area is 179 Å². The van der Waals surface area contributed by atoms with Gasteiger partial charge in [-0.1, -0.05) is 12.1 Å². The number of sulfonamides is 1. The van der Waals surface area contributed by atoms with Crippen molar-refractivity contribution in [2.24, 2.45) is 4.99 Å². The Morgan fingerprint density at radius 2 is 1.96 bits per heavy atom. The van der Waals surface area contributed by atoms with Crippen LogP contribution in [-0.2, 0) is 26.0 Å². The van der Waals surface area contributed by atoms with Gasteiger partial charge in [-0.2, -0.15) is 0 Å². The van der Waals surface area contributed by atoms with Gasteiger partial charge in [0.25, 0.3) is 0 Å². The average molecular weight is 514 g/mol. The van der Waals surface area contributed by atoms with Crippen molar-refractivity contribution in [1.29, 1.82) is 0 Å². The third-order valence-electron chi connectivity index (χ3n) is 3.45. The molecule has 1 aromatic carbocycles. The van der Waals surface area contributed by atoms with Crippen LogP contribution in [0.5, 0.6) is 0 Å². The van der Waals surface area contributed by atoms with E-state index in [9.17, 15) is 8.42 Å². The van der Waals surface area contributed by atoms with E-state index in [4.69, 9.17) is 9.47 Å². The SMILES string of the molecule is CCOCCCNC(=NC)NCc1cccc(S(=O)(=O)NCCOC)c1.I. The maximum absolute atomic E-state index is 12.2. The fraction of sp³-hybridized carbons (Fsp3) is 0.588. The molecule has 0 saturated heterocycles. The molecule has 0 amide bonds. The molecule has 0 bridgehead atoms. The molecule has 0 fully saturated rings. The van der Waals surface area contributed by atoms with Crippen LogP contribution in [0.4, 0.5) is 0 Å². The average Bonchev–Trinajstić information content (AvgIpc) is 2.64. The molecule has 1 aromatic rings. The maximum Gasteiger partial charge on any atom is 0.240 e. The molecule has 0 radical (unpaired) electrons. The second-order valence-electron chi connectivity index (χ2n) is 5.44. The molecule has 156 valence electrons. The van der Waals surface area contributed by atoms with Crippen molar-refractivity contribution in [1.82, 2.24) is 15.4 Å². The highest BCUT2D eigenvalue weighted by atomic mass is 127. The number of nitrogens with one attached hydrogen (secondary N) is 3. The van der Waals surface area contributed by atoms with Crippen LogP contribution in [0.2, 0.25) is 0 Å². The zero-order chi connectivity index (χ0) is 19.3. The van der Waals surface area contributed by atoms with E-state index in [0.717, 1.165) is 18.5 Å². The van der Waals surface area contributed by atoms with Crippen molar-refractivity contribution in [3.05, 3.63) is 29.8 Å². The summed E-state index contributed by atoms with van der Waals surface area (Å²) in [6, 6.07) is 6.80. The maximum atomic E-state index is 12.2. The van der Waals surface area contributed by atoms with Crippen LogP contribution in [-0.4, -0.2) is 61.4 Å². The number of ether oxygens (including phenoxy) is 2. The monoisotopic (exact) mass is 514 g/mol. The summed E-state index contributed by atoms with van der Waals surface area (Å²) in [5.74, 6) is 0.660. The molecule has 27 heavy (non-hydrogen) atoms. The van der Waals surface area contributed by atoms with Crippen LogP contribution < -0.4 is 15.4 Å². The molecule has 1 rings (SSSR count). The van der Waals surface area contributed by atoms with Crippen LogP contribution in [0.15, 0.2) is 34.2 Å². The molecule has 8 nitrogen and oxygen atoms in total. The van der Waals surface area contributed by atoms with Gasteiger partial charge in [0.2, 0.25) is 10.0 Å². The zero-order valence-electron chi connectivity index (χ0n) is 16.2. The van der Waals surface area contributed by atoms with Crippen molar-refractivity contribution in [2.75, 3.05) is 47.1 Å². The molecule has 0 spiro atoms. The van der Waals surface area contributed by atoms with Gasteiger partial charge in [0.1, 0.15) is 0 Å². The normalized spacial score (nSPS) is 11.7. The number of hydrogen-bond acceptors (Lipinski definition) is 5. The summed E-state index contributed by atoms with van der Waals surface area (Å²) in [6.07, 6.45) is 0.884. The Morgan fingerprint density at radius 1 is 1.19 bits per heavy atom. The highest BCUT2D eigenvalue weighted by molar-refractivity contribution is 14.0. The first-order valence-electron chi connectivity index (χ1n) is 8.63. The lowest BCUT2D eigenvalue weighted by atomic mass is 10.2. The molecule has 0 aliphatic heterocycles. The summed E-state index contributed by atoms with van der Waals surface area (Å²) in [5.41, 5.74) is 0.844. The van der Waals surface area contributed by atoms with Crippen LogP contribution >= 0.6 is 24.0 Å². The van der Waals surface area contributed by atoms with E-state index in [1.807, 2.05) is 13.0 Å². The summed E-state index contributed by atoms with van der Waals surface area (Å²) in [7, 11) is -0.321. The number of methoxy groups -OCH3 is 1. The topological polar surface area (TPSA) is 101 Å². The fourth-order valence-electron chi connectivity index (χ4n) is 2.12. The van der Waals surface area contributed by atoms with Crippen molar-refractivity contribution in [3.63, 3.8) is 0 Å². The molecule has 0 aromatic heterocycles. The minimum atomic E-state index is -3.54. The van der Waals surface area contributed by atoms with E-state index >= 15 is 0 Å². The molecule has 3 N–H and O–H groups in total.